The molecule has 194 valence electrons. The van der Waals surface area contributed by atoms with Gasteiger partial charge in [-0.2, -0.15) is 5.26 Å². The number of amides is 1. The van der Waals surface area contributed by atoms with E-state index in [4.69, 9.17) is 4.74 Å². The SMILES string of the molecule is N#Cc1c[nH]c2c(C(=O)N[C@H]3CC[C@@]4(O)[C@H]5Cc6ccc(O)c7c6[C@@]4(CCN5CC4CC4)[C@H]3O7)cccc12. The van der Waals surface area contributed by atoms with Gasteiger partial charge in [0, 0.05) is 29.7 Å². The number of phenolic OH excluding ortho intramolecular Hbond substituents is 1. The highest BCUT2D eigenvalue weighted by Gasteiger charge is 2.73. The third kappa shape index (κ3) is 2.73. The Morgan fingerprint density at radius 2 is 2.11 bits per heavy atom. The van der Waals surface area contributed by atoms with Gasteiger partial charge in [0.05, 0.1) is 33.7 Å². The topological polar surface area (TPSA) is 122 Å². The number of hydrogen-bond donors (Lipinski definition) is 4. The Hall–Kier alpha value is -3.54. The molecule has 1 aromatic heterocycles. The number of H-pyrrole nitrogens is 1. The molecule has 8 rings (SSSR count). The Bertz CT molecular complexity index is 1550. The van der Waals surface area contributed by atoms with Crippen LogP contribution in [0.3, 0.4) is 0 Å². The van der Waals surface area contributed by atoms with Crippen LogP contribution in [0.2, 0.25) is 0 Å². The molecule has 3 aromatic rings. The van der Waals surface area contributed by atoms with Crippen molar-refractivity contribution in [1.82, 2.24) is 15.2 Å². The number of aromatic hydroxyl groups is 1. The van der Waals surface area contributed by atoms with E-state index in [1.165, 1.54) is 12.8 Å². The molecule has 5 atom stereocenters. The first-order valence-electron chi connectivity index (χ1n) is 13.7. The number of aromatic nitrogens is 1. The van der Waals surface area contributed by atoms with Crippen LogP contribution in [0.15, 0.2) is 36.5 Å². The Morgan fingerprint density at radius 1 is 1.24 bits per heavy atom. The summed E-state index contributed by atoms with van der Waals surface area (Å²) in [6.07, 6.45) is 6.30. The third-order valence-corrected chi connectivity index (χ3v) is 10.2. The van der Waals surface area contributed by atoms with Gasteiger partial charge in [-0.15, -0.1) is 0 Å². The van der Waals surface area contributed by atoms with E-state index in [9.17, 15) is 20.3 Å². The van der Waals surface area contributed by atoms with Gasteiger partial charge in [-0.1, -0.05) is 18.2 Å². The number of nitrogens with one attached hydrogen (secondary N) is 2. The predicted octanol–water partition coefficient (Wildman–Crippen LogP) is 3.11. The number of phenols is 1. The van der Waals surface area contributed by atoms with Gasteiger partial charge in [0.15, 0.2) is 11.5 Å². The number of ether oxygens (including phenoxy) is 1. The highest BCUT2D eigenvalue weighted by molar-refractivity contribution is 6.07. The second kappa shape index (κ2) is 7.52. The number of likely N-dealkylation sites (tertiary alicyclic amines) is 1. The van der Waals surface area contributed by atoms with E-state index in [1.807, 2.05) is 12.1 Å². The van der Waals surface area contributed by atoms with E-state index < -0.39 is 17.1 Å². The first kappa shape index (κ1) is 22.4. The Balaban J connectivity index is 1.19. The van der Waals surface area contributed by atoms with Crippen LogP contribution in [0.25, 0.3) is 10.9 Å². The lowest BCUT2D eigenvalue weighted by Gasteiger charge is -2.64. The summed E-state index contributed by atoms with van der Waals surface area (Å²) in [7, 11) is 0. The number of piperidine rings is 1. The third-order valence-electron chi connectivity index (χ3n) is 10.2. The number of aliphatic hydroxyl groups is 1. The zero-order valence-electron chi connectivity index (χ0n) is 21.0. The highest BCUT2D eigenvalue weighted by Crippen LogP contribution is 2.65. The van der Waals surface area contributed by atoms with Crippen molar-refractivity contribution in [2.75, 3.05) is 13.1 Å². The minimum Gasteiger partial charge on any atom is -0.504 e. The minimum atomic E-state index is -0.987. The van der Waals surface area contributed by atoms with Crippen molar-refractivity contribution in [1.29, 1.82) is 5.26 Å². The van der Waals surface area contributed by atoms with E-state index in [2.05, 4.69) is 21.3 Å². The summed E-state index contributed by atoms with van der Waals surface area (Å²) >= 11 is 0. The summed E-state index contributed by atoms with van der Waals surface area (Å²) in [5.41, 5.74) is 2.04. The summed E-state index contributed by atoms with van der Waals surface area (Å²) in [4.78, 5) is 19.3. The zero-order valence-corrected chi connectivity index (χ0v) is 21.0. The molecule has 1 spiro atoms. The molecule has 38 heavy (non-hydrogen) atoms. The number of carbonyl (C=O) groups excluding carboxylic acids is 1. The smallest absolute Gasteiger partial charge is 0.253 e. The molecule has 2 aliphatic heterocycles. The molecule has 8 nitrogen and oxygen atoms in total. The molecule has 3 fully saturated rings. The molecule has 2 bridgehead atoms. The number of nitriles is 1. The van der Waals surface area contributed by atoms with Crippen LogP contribution in [-0.2, 0) is 11.8 Å². The fourth-order valence-electron chi connectivity index (χ4n) is 8.31. The molecule has 0 radical (unpaired) electrons. The first-order chi connectivity index (χ1) is 18.4. The van der Waals surface area contributed by atoms with Gasteiger partial charge in [0.25, 0.3) is 5.91 Å². The van der Waals surface area contributed by atoms with E-state index in [0.717, 1.165) is 43.0 Å². The molecular weight excluding hydrogens is 480 g/mol. The van der Waals surface area contributed by atoms with Crippen molar-refractivity contribution < 1.29 is 19.7 Å². The number of hydrogen-bond acceptors (Lipinski definition) is 6. The Kier molecular flexibility index (Phi) is 4.44. The molecule has 3 heterocycles. The maximum absolute atomic E-state index is 13.7. The fraction of sp³-hybridized carbons (Fsp3) is 0.467. The number of aromatic amines is 1. The number of fused-ring (bicyclic) bond motifs is 1. The molecule has 1 amide bonds. The number of nitrogens with zero attached hydrogens (tertiary/aromatic N) is 2. The normalized spacial score (nSPS) is 32.9. The number of benzene rings is 2. The van der Waals surface area contributed by atoms with Gasteiger partial charge >= 0.3 is 0 Å². The maximum Gasteiger partial charge on any atom is 0.253 e. The predicted molar refractivity (Wildman–Crippen MR) is 139 cm³/mol. The summed E-state index contributed by atoms with van der Waals surface area (Å²) in [6, 6.07) is 10.9. The van der Waals surface area contributed by atoms with Crippen LogP contribution >= 0.6 is 0 Å². The quantitative estimate of drug-likeness (QED) is 0.428. The van der Waals surface area contributed by atoms with Gasteiger partial charge in [0.1, 0.15) is 12.2 Å². The maximum atomic E-state index is 13.7. The van der Waals surface area contributed by atoms with Crippen LogP contribution in [0.4, 0.5) is 0 Å². The van der Waals surface area contributed by atoms with Crippen LogP contribution in [-0.4, -0.2) is 62.9 Å². The van der Waals surface area contributed by atoms with Gasteiger partial charge in [-0.25, -0.2) is 0 Å². The van der Waals surface area contributed by atoms with Crippen molar-refractivity contribution in [2.45, 2.75) is 67.7 Å². The van der Waals surface area contributed by atoms with Crippen molar-refractivity contribution in [2.24, 2.45) is 5.92 Å². The lowest BCUT2D eigenvalue weighted by atomic mass is 9.48. The fourth-order valence-corrected chi connectivity index (χ4v) is 8.31. The van der Waals surface area contributed by atoms with Crippen LogP contribution < -0.4 is 10.1 Å². The van der Waals surface area contributed by atoms with Crippen molar-refractivity contribution >= 4 is 16.8 Å². The standard InChI is InChI=1S/C30H30N4O4/c31-13-18-14-32-25-19(18)2-1-3-20(25)28(36)33-21-8-9-30(37)23-12-17-6-7-22(35)26-24(17)29(30,27(21)38-26)10-11-34(23)15-16-4-5-16/h1-3,6-7,14,16,21,23,27,32,35,37H,4-5,8-12,15H2,(H,33,36)/t21-,23+,27-,29-,30+/m0/s1. The number of carbonyl (C=O) groups is 1. The van der Waals surface area contributed by atoms with Crippen molar-refractivity contribution in [3.05, 3.63) is 58.8 Å². The lowest BCUT2D eigenvalue weighted by Crippen LogP contribution is -2.78. The molecule has 1 saturated heterocycles. The van der Waals surface area contributed by atoms with Crippen LogP contribution in [0.5, 0.6) is 11.5 Å². The Labute approximate surface area is 220 Å². The van der Waals surface area contributed by atoms with Crippen LogP contribution in [0.1, 0.15) is 59.2 Å². The van der Waals surface area contributed by atoms with E-state index >= 15 is 0 Å². The monoisotopic (exact) mass is 510 g/mol. The molecule has 4 N–H and O–H groups in total. The lowest BCUT2D eigenvalue weighted by molar-refractivity contribution is -0.191. The van der Waals surface area contributed by atoms with Crippen molar-refractivity contribution in [3.63, 3.8) is 0 Å². The summed E-state index contributed by atoms with van der Waals surface area (Å²) < 4.78 is 6.57. The summed E-state index contributed by atoms with van der Waals surface area (Å²) in [6.45, 7) is 1.90. The summed E-state index contributed by atoms with van der Waals surface area (Å²) in [5, 5.41) is 36.8. The van der Waals surface area contributed by atoms with Gasteiger partial charge in [-0.3, -0.25) is 9.69 Å². The largest absolute Gasteiger partial charge is 0.504 e. The van der Waals surface area contributed by atoms with Gasteiger partial charge in [0.2, 0.25) is 0 Å². The highest BCUT2D eigenvalue weighted by atomic mass is 16.5. The van der Waals surface area contributed by atoms with E-state index in [1.54, 1.807) is 24.4 Å². The minimum absolute atomic E-state index is 0.000311. The van der Waals surface area contributed by atoms with Gasteiger partial charge in [-0.05, 0) is 68.7 Å². The van der Waals surface area contributed by atoms with E-state index in [-0.39, 0.29) is 23.7 Å². The van der Waals surface area contributed by atoms with Crippen LogP contribution in [0, 0.1) is 17.2 Å². The molecule has 2 saturated carbocycles. The number of rotatable bonds is 4. The van der Waals surface area contributed by atoms with Crippen molar-refractivity contribution in [3.8, 4) is 17.6 Å². The first-order valence-corrected chi connectivity index (χ1v) is 13.7. The molecule has 3 aliphatic carbocycles. The molecule has 2 aromatic carbocycles. The van der Waals surface area contributed by atoms with Gasteiger partial charge < -0.3 is 25.3 Å². The Morgan fingerprint density at radius 3 is 2.92 bits per heavy atom. The average Bonchev–Trinajstić information content (AvgIpc) is 3.51. The second-order valence-corrected chi connectivity index (χ2v) is 12.0. The zero-order chi connectivity index (χ0) is 25.8. The average molecular weight is 511 g/mol. The molecule has 5 aliphatic rings. The van der Waals surface area contributed by atoms with E-state index in [0.29, 0.717) is 40.6 Å². The molecule has 8 heteroatoms. The number of para-hydroxylation sites is 1. The summed E-state index contributed by atoms with van der Waals surface area (Å²) in [5.74, 6) is 1.06. The second-order valence-electron chi connectivity index (χ2n) is 12.0. The molecule has 0 unspecified atom stereocenters. The molecular formula is C30H30N4O4.